The van der Waals surface area contributed by atoms with Crippen LogP contribution in [0.25, 0.3) is 73.0 Å². The fourth-order valence-corrected chi connectivity index (χ4v) is 11.0. The number of fused-ring (bicyclic) bond motifs is 2. The number of rotatable bonds is 16. The van der Waals surface area contributed by atoms with Crippen molar-refractivity contribution in [2.24, 2.45) is 0 Å². The van der Waals surface area contributed by atoms with Gasteiger partial charge in [-0.25, -0.2) is 41.6 Å². The van der Waals surface area contributed by atoms with Gasteiger partial charge in [0.15, 0.2) is 0 Å². The maximum atomic E-state index is 11.8. The number of carbonyl (C=O) groups is 1. The molecule has 0 saturated carbocycles. The van der Waals surface area contributed by atoms with E-state index in [9.17, 15) is 21.6 Å². The molecule has 24 nitrogen and oxygen atoms in total. The third-order valence-corrected chi connectivity index (χ3v) is 14.2. The Balaban J connectivity index is 0.000000169. The second-order valence-corrected chi connectivity index (χ2v) is 23.8. The number of aromatic nitrogens is 8. The lowest BCUT2D eigenvalue weighted by molar-refractivity contribution is -0.131. The minimum atomic E-state index is -3.53. The molecule has 11 rings (SSSR count). The van der Waals surface area contributed by atoms with E-state index in [1.165, 1.54) is 14.2 Å². The van der Waals surface area contributed by atoms with Gasteiger partial charge in [0.2, 0.25) is 43.6 Å². The normalized spacial score (nSPS) is 17.8. The van der Waals surface area contributed by atoms with E-state index >= 15 is 0 Å². The molecule has 0 aliphatic carbocycles. The second-order valence-electron chi connectivity index (χ2n) is 20.3. The summed E-state index contributed by atoms with van der Waals surface area (Å²) in [5, 5.41) is 24.4. The molecule has 6 aromatic heterocycles. The average molecular weight is 1170 g/mol. The molecular formula is C57H64N12O12S2. The number of nitrogens with zero attached hydrogens (tertiary/aromatic N) is 8. The fraction of sp³-hybridized carbons (Fsp3) is 0.316. The van der Waals surface area contributed by atoms with E-state index in [1.54, 1.807) is 55.4 Å². The first-order valence-corrected chi connectivity index (χ1v) is 30.0. The van der Waals surface area contributed by atoms with Crippen LogP contribution in [0.3, 0.4) is 0 Å². The molecule has 2 saturated heterocycles. The molecule has 0 radical (unpaired) electrons. The summed E-state index contributed by atoms with van der Waals surface area (Å²) in [6.45, 7) is 12.9. The number of aromatic amines is 2. The van der Waals surface area contributed by atoms with Gasteiger partial charge in [0, 0.05) is 77.7 Å². The molecule has 8 heterocycles. The molecule has 0 spiro atoms. The van der Waals surface area contributed by atoms with Gasteiger partial charge in [-0.05, 0) is 86.9 Å². The van der Waals surface area contributed by atoms with Crippen molar-refractivity contribution < 1.29 is 54.5 Å². The molecule has 0 bridgehead atoms. The number of morpholine rings is 2. The Kier molecular flexibility index (Phi) is 18.3. The number of anilines is 2. The lowest BCUT2D eigenvalue weighted by Gasteiger charge is -2.34. The van der Waals surface area contributed by atoms with Gasteiger partial charge in [0.25, 0.3) is 0 Å². The molecule has 9 aromatic rings. The smallest absolute Gasteiger partial charge is 0.328 e. The SMILES string of the molecule is COc1ncc(-c2cc(-c3ncc(CN4C[C@@H](C)O[C@@H](C)C4)o3)c3cn[nH]c3c2)cc1NS(C)(=O)=O.COc1ncc(-c2cc(-c3ncc(CN4C[C@@H](C)O[C@@H](C)C4)o3)c3cn[nH]c3c2)cc1NS(C)(=O)=O.O=C(O)/C=C/c1ccccc1. The molecule has 2 aliphatic rings. The number of H-pyrrole nitrogens is 2. The Hall–Kier alpha value is -8.53. The van der Waals surface area contributed by atoms with E-state index in [4.69, 9.17) is 32.9 Å². The summed E-state index contributed by atoms with van der Waals surface area (Å²) in [5.74, 6) is 1.91. The number of carboxylic acid groups (broad SMARTS) is 1. The first-order chi connectivity index (χ1) is 39.6. The first-order valence-electron chi connectivity index (χ1n) is 26.3. The number of sulfonamides is 2. The zero-order valence-corrected chi connectivity index (χ0v) is 48.5. The van der Waals surface area contributed by atoms with E-state index in [0.29, 0.717) is 36.0 Å². The standard InChI is InChI=1S/2C24H28N6O5S.C9H8O2/c2*1-14-11-30(12-15(2)34-14)13-18-9-26-23(35-18)19-5-16(6-21-20(19)10-27-28-21)17-7-22(29-36(4,31)32)24(33-3)25-8-17;10-9(11)7-6-8-4-2-1-3-5-8/h2*5-10,14-15,29H,11-13H2,1-4H3,(H,27,28);1-7H,(H,10,11)/b;;7-6+/t2*14-,15+;. The molecule has 2 aliphatic heterocycles. The number of aliphatic carboxylic acids is 1. The van der Waals surface area contributed by atoms with Gasteiger partial charge in [-0.15, -0.1) is 0 Å². The summed E-state index contributed by atoms with van der Waals surface area (Å²) in [4.78, 5) is 32.3. The van der Waals surface area contributed by atoms with Crippen molar-refractivity contribution in [1.29, 1.82) is 0 Å². The van der Waals surface area contributed by atoms with Crippen molar-refractivity contribution >= 4 is 65.3 Å². The molecular weight excluding hydrogens is 1110 g/mol. The third-order valence-electron chi connectivity index (χ3n) is 13.0. The number of methoxy groups -OCH3 is 2. The number of carboxylic acids is 1. The highest BCUT2D eigenvalue weighted by Crippen LogP contribution is 2.38. The van der Waals surface area contributed by atoms with Crippen molar-refractivity contribution in [2.75, 3.05) is 62.4 Å². The molecule has 0 amide bonds. The molecule has 2 fully saturated rings. The second kappa shape index (κ2) is 25.7. The molecule has 0 unspecified atom stereocenters. The van der Waals surface area contributed by atoms with Crippen molar-refractivity contribution in [3.05, 3.63) is 127 Å². The van der Waals surface area contributed by atoms with Crippen LogP contribution >= 0.6 is 0 Å². The van der Waals surface area contributed by atoms with Gasteiger partial charge >= 0.3 is 5.97 Å². The van der Waals surface area contributed by atoms with Crippen molar-refractivity contribution in [3.63, 3.8) is 0 Å². The van der Waals surface area contributed by atoms with Crippen LogP contribution in [0.5, 0.6) is 11.8 Å². The summed E-state index contributed by atoms with van der Waals surface area (Å²) in [6, 6.07) is 20.4. The van der Waals surface area contributed by atoms with Crippen LogP contribution in [0.4, 0.5) is 11.4 Å². The largest absolute Gasteiger partial charge is 0.480 e. The van der Waals surface area contributed by atoms with E-state index in [1.807, 2.05) is 54.6 Å². The van der Waals surface area contributed by atoms with Crippen LogP contribution in [-0.2, 0) is 47.4 Å². The summed E-state index contributed by atoms with van der Waals surface area (Å²) in [5.41, 5.74) is 7.41. The molecule has 26 heteroatoms. The number of oxazole rings is 2. The molecule has 5 N–H and O–H groups in total. The Bertz CT molecular complexity index is 3730. The monoisotopic (exact) mass is 1170 g/mol. The van der Waals surface area contributed by atoms with E-state index < -0.39 is 26.0 Å². The van der Waals surface area contributed by atoms with Crippen molar-refractivity contribution in [3.8, 4) is 56.9 Å². The van der Waals surface area contributed by atoms with Crippen LogP contribution in [0.1, 0.15) is 44.8 Å². The topological polar surface area (TPSA) is 308 Å². The van der Waals surface area contributed by atoms with Gasteiger partial charge in [-0.2, -0.15) is 10.2 Å². The zero-order chi connectivity index (χ0) is 59.0. The molecule has 3 aromatic carbocycles. The number of hydrogen-bond acceptors (Lipinski definition) is 19. The zero-order valence-electron chi connectivity index (χ0n) is 46.9. The Morgan fingerprint density at radius 3 is 1.42 bits per heavy atom. The quantitative estimate of drug-likeness (QED) is 0.0568. The summed E-state index contributed by atoms with van der Waals surface area (Å²) in [6.07, 6.45) is 15.7. The maximum Gasteiger partial charge on any atom is 0.328 e. The maximum absolute atomic E-state index is 11.8. The van der Waals surface area contributed by atoms with Gasteiger partial charge in [-0.3, -0.25) is 29.4 Å². The Morgan fingerprint density at radius 2 is 1.04 bits per heavy atom. The predicted molar refractivity (Wildman–Crippen MR) is 313 cm³/mol. The minimum absolute atomic E-state index is 0.165. The van der Waals surface area contributed by atoms with E-state index in [-0.39, 0.29) is 47.6 Å². The summed E-state index contributed by atoms with van der Waals surface area (Å²) >= 11 is 0. The molecule has 4 atom stereocenters. The van der Waals surface area contributed by atoms with Crippen LogP contribution < -0.4 is 18.9 Å². The lowest BCUT2D eigenvalue weighted by Crippen LogP contribution is -2.44. The average Bonchev–Trinajstić information content (AvgIpc) is 3.45. The number of benzene rings is 3. The minimum Gasteiger partial charge on any atom is -0.480 e. The number of pyridine rings is 2. The predicted octanol–water partition coefficient (Wildman–Crippen LogP) is 8.32. The van der Waals surface area contributed by atoms with Gasteiger partial charge < -0.3 is 32.9 Å². The Morgan fingerprint density at radius 1 is 0.614 bits per heavy atom. The van der Waals surface area contributed by atoms with Crippen LogP contribution in [0.15, 0.2) is 119 Å². The summed E-state index contributed by atoms with van der Waals surface area (Å²) < 4.78 is 86.7. The molecule has 436 valence electrons. The number of hydrogen-bond donors (Lipinski definition) is 5. The van der Waals surface area contributed by atoms with E-state index in [0.717, 1.165) is 106 Å². The summed E-state index contributed by atoms with van der Waals surface area (Å²) in [7, 11) is -4.18. The van der Waals surface area contributed by atoms with Crippen LogP contribution in [-0.4, -0.2) is 155 Å². The number of ether oxygens (including phenoxy) is 4. The highest BCUT2D eigenvalue weighted by molar-refractivity contribution is 7.92. The van der Waals surface area contributed by atoms with Gasteiger partial charge in [0.1, 0.15) is 22.9 Å². The highest BCUT2D eigenvalue weighted by atomic mass is 32.2. The number of nitrogens with one attached hydrogen (secondary N) is 4. The van der Waals surface area contributed by atoms with Crippen molar-refractivity contribution in [2.45, 2.75) is 65.2 Å². The highest BCUT2D eigenvalue weighted by Gasteiger charge is 2.26. The van der Waals surface area contributed by atoms with Gasteiger partial charge in [-0.1, -0.05) is 30.3 Å². The lowest BCUT2D eigenvalue weighted by atomic mass is 10.0. The van der Waals surface area contributed by atoms with Gasteiger partial charge in [0.05, 0.1) is 100 Å². The van der Waals surface area contributed by atoms with Crippen LogP contribution in [0, 0.1) is 0 Å². The van der Waals surface area contributed by atoms with Crippen LogP contribution in [0.2, 0.25) is 0 Å². The van der Waals surface area contributed by atoms with Crippen molar-refractivity contribution in [1.82, 2.24) is 50.1 Å². The Labute approximate surface area is 479 Å². The third kappa shape index (κ3) is 15.7. The first kappa shape index (κ1) is 59.1. The van der Waals surface area contributed by atoms with E-state index in [2.05, 4.69) is 87.3 Å². The fourth-order valence-electron chi connectivity index (χ4n) is 9.89. The molecule has 83 heavy (non-hydrogen) atoms.